The van der Waals surface area contributed by atoms with Gasteiger partial charge in [0.05, 0.1) is 13.7 Å². The van der Waals surface area contributed by atoms with Gasteiger partial charge in [-0.15, -0.1) is 0 Å². The number of rotatable bonds is 6. The van der Waals surface area contributed by atoms with Crippen molar-refractivity contribution in [3.05, 3.63) is 53.5 Å². The van der Waals surface area contributed by atoms with Crippen molar-refractivity contribution >= 4 is 11.8 Å². The Bertz CT molecular complexity index is 706. The topological polar surface area (TPSA) is 92.0 Å². The molecule has 2 aromatic rings. The molecule has 0 radical (unpaired) electrons. The molecule has 0 fully saturated rings. The Morgan fingerprint density at radius 1 is 1.21 bits per heavy atom. The van der Waals surface area contributed by atoms with Gasteiger partial charge in [0, 0.05) is 14.1 Å². The maximum Gasteiger partial charge on any atom is 0.289 e. The van der Waals surface area contributed by atoms with Crippen LogP contribution >= 0.6 is 0 Å². The molecule has 0 saturated heterocycles. The summed E-state index contributed by atoms with van der Waals surface area (Å²) in [5.41, 5.74) is 0.455. The number of hydrogen-bond acceptors (Lipinski definition) is 5. The van der Waals surface area contributed by atoms with Gasteiger partial charge in [0.25, 0.3) is 11.8 Å². The van der Waals surface area contributed by atoms with E-state index >= 15 is 0 Å². The third-order valence-corrected chi connectivity index (χ3v) is 3.40. The molecule has 7 nitrogen and oxygen atoms in total. The number of nitrogens with zero attached hydrogens (tertiary/aromatic N) is 1. The van der Waals surface area contributed by atoms with Gasteiger partial charge in [0.1, 0.15) is 11.5 Å². The predicted octanol–water partition coefficient (Wildman–Crippen LogP) is 1.34. The molecular formula is C17H20N2O5. The fourth-order valence-electron chi connectivity index (χ4n) is 2.02. The smallest absolute Gasteiger partial charge is 0.289 e. The van der Waals surface area contributed by atoms with E-state index in [0.29, 0.717) is 17.1 Å². The normalized spacial score (nSPS) is 11.7. The Balaban J connectivity index is 1.93. The van der Waals surface area contributed by atoms with Crippen LogP contribution in [0.4, 0.5) is 0 Å². The summed E-state index contributed by atoms with van der Waals surface area (Å²) in [6.45, 7) is 0.0761. The lowest BCUT2D eigenvalue weighted by molar-refractivity contribution is -0.129. The number of amides is 2. The zero-order valence-corrected chi connectivity index (χ0v) is 13.8. The van der Waals surface area contributed by atoms with Crippen molar-refractivity contribution in [1.29, 1.82) is 0 Å². The largest absolute Gasteiger partial charge is 0.497 e. The second-order valence-electron chi connectivity index (χ2n) is 5.36. The van der Waals surface area contributed by atoms with E-state index in [2.05, 4.69) is 5.32 Å². The monoisotopic (exact) mass is 332 g/mol. The molecule has 24 heavy (non-hydrogen) atoms. The lowest BCUT2D eigenvalue weighted by Gasteiger charge is -2.11. The van der Waals surface area contributed by atoms with Crippen LogP contribution in [0.25, 0.3) is 0 Å². The van der Waals surface area contributed by atoms with Crippen LogP contribution in [0.1, 0.15) is 28.0 Å². The first kappa shape index (κ1) is 17.6. The van der Waals surface area contributed by atoms with Crippen LogP contribution < -0.4 is 10.1 Å². The molecule has 2 rings (SSSR count). The van der Waals surface area contributed by atoms with Crippen LogP contribution in [0, 0.1) is 0 Å². The highest BCUT2D eigenvalue weighted by atomic mass is 16.5. The fourth-order valence-corrected chi connectivity index (χ4v) is 2.02. The Labute approximate surface area is 139 Å². The first-order valence-electron chi connectivity index (χ1n) is 7.32. The van der Waals surface area contributed by atoms with Gasteiger partial charge in [-0.2, -0.15) is 0 Å². The lowest BCUT2D eigenvalue weighted by Crippen LogP contribution is -2.28. The van der Waals surface area contributed by atoms with E-state index in [1.165, 1.54) is 12.0 Å². The summed E-state index contributed by atoms with van der Waals surface area (Å²) < 4.78 is 10.4. The average Bonchev–Trinajstić information content (AvgIpc) is 3.07. The molecule has 1 atom stereocenters. The highest BCUT2D eigenvalue weighted by Crippen LogP contribution is 2.18. The molecule has 2 amide bonds. The zero-order valence-electron chi connectivity index (χ0n) is 13.8. The molecule has 0 spiro atoms. The number of ether oxygens (including phenoxy) is 1. The quantitative estimate of drug-likeness (QED) is 0.833. The fraction of sp³-hybridized carbons (Fsp3) is 0.294. The molecule has 0 saturated carbocycles. The first-order chi connectivity index (χ1) is 11.4. The third-order valence-electron chi connectivity index (χ3n) is 3.40. The highest BCUT2D eigenvalue weighted by molar-refractivity contribution is 5.91. The van der Waals surface area contributed by atoms with Crippen LogP contribution in [-0.4, -0.2) is 43.0 Å². The van der Waals surface area contributed by atoms with E-state index in [9.17, 15) is 14.7 Å². The Morgan fingerprint density at radius 2 is 1.88 bits per heavy atom. The van der Waals surface area contributed by atoms with Gasteiger partial charge in [-0.1, -0.05) is 12.1 Å². The van der Waals surface area contributed by atoms with Crippen LogP contribution in [0.3, 0.4) is 0 Å². The summed E-state index contributed by atoms with van der Waals surface area (Å²) in [7, 11) is 4.78. The van der Waals surface area contributed by atoms with Crippen LogP contribution in [-0.2, 0) is 11.3 Å². The molecule has 2 N–H and O–H groups in total. The summed E-state index contributed by atoms with van der Waals surface area (Å²) >= 11 is 0. The molecule has 0 aliphatic rings. The number of carbonyl (C=O) groups excluding carboxylic acids is 2. The number of furan rings is 1. The lowest BCUT2D eigenvalue weighted by atomic mass is 10.1. The molecule has 0 bridgehead atoms. The molecule has 1 aromatic heterocycles. The minimum Gasteiger partial charge on any atom is -0.497 e. The minimum absolute atomic E-state index is 0.0761. The number of aliphatic hydroxyl groups excluding tert-OH is 1. The summed E-state index contributed by atoms with van der Waals surface area (Å²) in [4.78, 5) is 25.1. The summed E-state index contributed by atoms with van der Waals surface area (Å²) in [6.07, 6.45) is -1.30. The van der Waals surface area contributed by atoms with Crippen molar-refractivity contribution < 1.29 is 23.8 Å². The average molecular weight is 332 g/mol. The number of methoxy groups -OCH3 is 1. The van der Waals surface area contributed by atoms with Gasteiger partial charge < -0.3 is 24.5 Å². The summed E-state index contributed by atoms with van der Waals surface area (Å²) in [5, 5.41) is 12.6. The van der Waals surface area contributed by atoms with Crippen LogP contribution in [0.5, 0.6) is 5.75 Å². The van der Waals surface area contributed by atoms with E-state index in [1.54, 1.807) is 50.5 Å². The molecule has 0 unspecified atom stereocenters. The van der Waals surface area contributed by atoms with Crippen molar-refractivity contribution in [2.45, 2.75) is 12.6 Å². The molecule has 128 valence electrons. The Kier molecular flexibility index (Phi) is 5.59. The Morgan fingerprint density at radius 3 is 2.46 bits per heavy atom. The number of nitrogens with one attached hydrogen (secondary N) is 1. The van der Waals surface area contributed by atoms with Crippen LogP contribution in [0.2, 0.25) is 0 Å². The van der Waals surface area contributed by atoms with Gasteiger partial charge in [-0.05, 0) is 29.8 Å². The van der Waals surface area contributed by atoms with E-state index < -0.39 is 12.0 Å². The van der Waals surface area contributed by atoms with Gasteiger partial charge in [0.2, 0.25) is 0 Å². The third kappa shape index (κ3) is 4.14. The van der Waals surface area contributed by atoms with Crippen molar-refractivity contribution in [2.24, 2.45) is 0 Å². The van der Waals surface area contributed by atoms with E-state index in [0.717, 1.165) is 0 Å². The first-order valence-corrected chi connectivity index (χ1v) is 7.32. The number of hydrogen-bond donors (Lipinski definition) is 2. The van der Waals surface area contributed by atoms with Gasteiger partial charge in [0.15, 0.2) is 11.9 Å². The summed E-state index contributed by atoms with van der Waals surface area (Å²) in [5.74, 6) is 0.443. The van der Waals surface area contributed by atoms with E-state index in [4.69, 9.17) is 9.15 Å². The molecule has 1 heterocycles. The highest BCUT2D eigenvalue weighted by Gasteiger charge is 2.18. The van der Waals surface area contributed by atoms with Crippen molar-refractivity contribution in [2.75, 3.05) is 21.2 Å². The van der Waals surface area contributed by atoms with Gasteiger partial charge in [-0.25, -0.2) is 0 Å². The molecule has 0 aliphatic carbocycles. The van der Waals surface area contributed by atoms with Crippen molar-refractivity contribution in [3.8, 4) is 5.75 Å². The van der Waals surface area contributed by atoms with E-state index in [1.807, 2.05) is 0 Å². The molecule has 0 aliphatic heterocycles. The van der Waals surface area contributed by atoms with Crippen molar-refractivity contribution in [3.63, 3.8) is 0 Å². The molecule has 7 heteroatoms. The summed E-state index contributed by atoms with van der Waals surface area (Å²) in [6, 6.07) is 9.71. The Hall–Kier alpha value is -2.80. The van der Waals surface area contributed by atoms with Crippen LogP contribution in [0.15, 0.2) is 40.8 Å². The minimum atomic E-state index is -1.30. The zero-order chi connectivity index (χ0) is 17.7. The standard InChI is InChI=1S/C17H20N2O5/c1-19(2)17(22)14-9-8-13(24-14)10-18-16(21)15(20)11-4-6-12(23-3)7-5-11/h4-9,15,20H,10H2,1-3H3,(H,18,21)/t15-/m0/s1. The maximum atomic E-state index is 12.0. The number of carbonyl (C=O) groups is 2. The second-order valence-corrected chi connectivity index (χ2v) is 5.36. The molecular weight excluding hydrogens is 312 g/mol. The molecule has 1 aromatic carbocycles. The maximum absolute atomic E-state index is 12.0. The predicted molar refractivity (Wildman–Crippen MR) is 86.5 cm³/mol. The van der Waals surface area contributed by atoms with Gasteiger partial charge >= 0.3 is 0 Å². The second kappa shape index (κ2) is 7.65. The SMILES string of the molecule is COc1ccc([C@H](O)C(=O)NCc2ccc(C(=O)N(C)C)o2)cc1. The number of aliphatic hydroxyl groups is 1. The van der Waals surface area contributed by atoms with E-state index in [-0.39, 0.29) is 18.2 Å². The van der Waals surface area contributed by atoms with Crippen molar-refractivity contribution in [1.82, 2.24) is 10.2 Å². The van der Waals surface area contributed by atoms with Gasteiger partial charge in [-0.3, -0.25) is 9.59 Å². The number of benzene rings is 1.